The third-order valence-electron chi connectivity index (χ3n) is 2.51. The fourth-order valence-corrected chi connectivity index (χ4v) is 1.50. The molecule has 2 N–H and O–H groups in total. The summed E-state index contributed by atoms with van der Waals surface area (Å²) in [6, 6.07) is -0.896. The lowest BCUT2D eigenvalue weighted by Gasteiger charge is -2.14. The lowest BCUT2D eigenvalue weighted by atomic mass is 10.2. The van der Waals surface area contributed by atoms with E-state index in [-0.39, 0.29) is 5.82 Å². The summed E-state index contributed by atoms with van der Waals surface area (Å²) >= 11 is 0. The second-order valence-electron chi connectivity index (χ2n) is 3.94. The second-order valence-corrected chi connectivity index (χ2v) is 3.94. The fraction of sp³-hybridized carbons (Fsp3) is 0.600. The van der Waals surface area contributed by atoms with E-state index < -0.39 is 23.3 Å². The molecule has 1 aromatic rings. The van der Waals surface area contributed by atoms with Crippen LogP contribution in [0.3, 0.4) is 0 Å². The molecule has 1 heterocycles. The minimum atomic E-state index is -1.06. The van der Waals surface area contributed by atoms with Gasteiger partial charge in [-0.3, -0.25) is 9.36 Å². The van der Waals surface area contributed by atoms with Crippen LogP contribution in [-0.2, 0) is 18.9 Å². The van der Waals surface area contributed by atoms with Crippen molar-refractivity contribution in [3.63, 3.8) is 0 Å². The summed E-state index contributed by atoms with van der Waals surface area (Å²) < 4.78 is 1.86. The quantitative estimate of drug-likeness (QED) is 0.710. The monoisotopic (exact) mass is 256 g/mol. The maximum atomic E-state index is 11.7. The van der Waals surface area contributed by atoms with Crippen molar-refractivity contribution in [2.75, 3.05) is 5.32 Å². The minimum absolute atomic E-state index is 0.138. The molecule has 0 radical (unpaired) electrons. The number of carbonyl (C=O) groups is 1. The van der Waals surface area contributed by atoms with Gasteiger partial charge in [0.15, 0.2) is 0 Å². The largest absolute Gasteiger partial charge is 0.480 e. The molecular formula is C10H16N4O4. The van der Waals surface area contributed by atoms with E-state index in [1.165, 1.54) is 14.1 Å². The van der Waals surface area contributed by atoms with Crippen molar-refractivity contribution in [2.24, 2.45) is 14.1 Å². The van der Waals surface area contributed by atoms with Crippen LogP contribution in [0.2, 0.25) is 0 Å². The van der Waals surface area contributed by atoms with Crippen molar-refractivity contribution < 1.29 is 9.90 Å². The van der Waals surface area contributed by atoms with Crippen LogP contribution in [0.15, 0.2) is 9.59 Å². The molecule has 8 nitrogen and oxygen atoms in total. The van der Waals surface area contributed by atoms with E-state index in [4.69, 9.17) is 5.11 Å². The molecule has 0 bridgehead atoms. The zero-order chi connectivity index (χ0) is 13.9. The molecule has 0 spiro atoms. The highest BCUT2D eigenvalue weighted by Crippen LogP contribution is 2.03. The van der Waals surface area contributed by atoms with Crippen LogP contribution in [0.1, 0.15) is 19.8 Å². The number of aromatic nitrogens is 3. The molecule has 1 unspecified atom stereocenters. The molecule has 1 atom stereocenters. The normalized spacial score (nSPS) is 12.2. The summed E-state index contributed by atoms with van der Waals surface area (Å²) in [6.07, 6.45) is 1.01. The van der Waals surface area contributed by atoms with Gasteiger partial charge < -0.3 is 10.4 Å². The van der Waals surface area contributed by atoms with E-state index in [0.717, 1.165) is 9.25 Å². The van der Waals surface area contributed by atoms with Crippen molar-refractivity contribution in [1.82, 2.24) is 14.3 Å². The summed E-state index contributed by atoms with van der Waals surface area (Å²) in [7, 11) is 2.70. The molecule has 1 rings (SSSR count). The topological polar surface area (TPSA) is 106 Å². The van der Waals surface area contributed by atoms with Gasteiger partial charge in [0, 0.05) is 14.1 Å². The fourth-order valence-electron chi connectivity index (χ4n) is 1.50. The molecule has 100 valence electrons. The Morgan fingerprint density at radius 1 is 1.44 bits per heavy atom. The van der Waals surface area contributed by atoms with Crippen LogP contribution >= 0.6 is 0 Å². The first-order valence-electron chi connectivity index (χ1n) is 5.52. The standard InChI is InChI=1S/C10H16N4O4/c1-4-5-6(9(16)17)11-7-8(15)13(2)10(18)14(3)12-7/h6H,4-5H2,1-3H3,(H,11,12)(H,16,17). The van der Waals surface area contributed by atoms with Gasteiger partial charge in [0.25, 0.3) is 5.56 Å². The van der Waals surface area contributed by atoms with Crippen LogP contribution in [-0.4, -0.2) is 31.5 Å². The summed E-state index contributed by atoms with van der Waals surface area (Å²) in [5.74, 6) is -1.20. The third kappa shape index (κ3) is 2.76. The SMILES string of the molecule is CCCC(Nc1nn(C)c(=O)n(C)c1=O)C(=O)O. The third-order valence-corrected chi connectivity index (χ3v) is 2.51. The van der Waals surface area contributed by atoms with Crippen molar-refractivity contribution in [3.05, 3.63) is 20.8 Å². The van der Waals surface area contributed by atoms with Crippen molar-refractivity contribution in [1.29, 1.82) is 0 Å². The summed E-state index contributed by atoms with van der Waals surface area (Å²) in [4.78, 5) is 34.1. The lowest BCUT2D eigenvalue weighted by molar-refractivity contribution is -0.138. The summed E-state index contributed by atoms with van der Waals surface area (Å²) in [5.41, 5.74) is -1.20. The van der Waals surface area contributed by atoms with Crippen LogP contribution in [0.5, 0.6) is 0 Å². The zero-order valence-corrected chi connectivity index (χ0v) is 10.5. The lowest BCUT2D eigenvalue weighted by Crippen LogP contribution is -2.42. The Hall–Kier alpha value is -2.12. The number of carboxylic acid groups (broad SMARTS) is 1. The van der Waals surface area contributed by atoms with Crippen LogP contribution in [0.25, 0.3) is 0 Å². The Morgan fingerprint density at radius 3 is 2.56 bits per heavy atom. The number of hydrogen-bond donors (Lipinski definition) is 2. The predicted molar refractivity (Wildman–Crippen MR) is 64.7 cm³/mol. The van der Waals surface area contributed by atoms with Gasteiger partial charge in [-0.15, -0.1) is 5.10 Å². The highest BCUT2D eigenvalue weighted by atomic mass is 16.4. The molecule has 8 heteroatoms. The summed E-state index contributed by atoms with van der Waals surface area (Å²) in [6.45, 7) is 1.84. The molecule has 0 amide bonds. The van der Waals surface area contributed by atoms with E-state index in [0.29, 0.717) is 12.8 Å². The number of hydrogen-bond acceptors (Lipinski definition) is 5. The van der Waals surface area contributed by atoms with E-state index in [1.54, 1.807) is 0 Å². The number of rotatable bonds is 5. The zero-order valence-electron chi connectivity index (χ0n) is 10.5. The highest BCUT2D eigenvalue weighted by molar-refractivity contribution is 5.76. The van der Waals surface area contributed by atoms with Crippen molar-refractivity contribution >= 4 is 11.8 Å². The molecule has 0 aliphatic heterocycles. The van der Waals surface area contributed by atoms with Crippen LogP contribution in [0.4, 0.5) is 5.82 Å². The average molecular weight is 256 g/mol. The molecule has 0 saturated heterocycles. The molecule has 1 aromatic heterocycles. The van der Waals surface area contributed by atoms with Gasteiger partial charge in [-0.2, -0.15) is 0 Å². The van der Waals surface area contributed by atoms with Gasteiger partial charge in [-0.05, 0) is 6.42 Å². The van der Waals surface area contributed by atoms with E-state index in [9.17, 15) is 14.4 Å². The van der Waals surface area contributed by atoms with Gasteiger partial charge >= 0.3 is 11.7 Å². The number of carboxylic acids is 1. The smallest absolute Gasteiger partial charge is 0.346 e. The number of aliphatic carboxylic acids is 1. The first kappa shape index (κ1) is 13.9. The second kappa shape index (κ2) is 5.48. The van der Waals surface area contributed by atoms with Crippen LogP contribution < -0.4 is 16.6 Å². The molecule has 0 aliphatic rings. The molecule has 18 heavy (non-hydrogen) atoms. The number of anilines is 1. The molecule has 0 aliphatic carbocycles. The Balaban J connectivity index is 3.15. The van der Waals surface area contributed by atoms with E-state index in [1.807, 2.05) is 6.92 Å². The Morgan fingerprint density at radius 2 is 2.06 bits per heavy atom. The summed E-state index contributed by atoms with van der Waals surface area (Å²) in [5, 5.41) is 15.3. The maximum absolute atomic E-state index is 11.7. The van der Waals surface area contributed by atoms with Crippen LogP contribution in [0, 0.1) is 0 Å². The molecule has 0 fully saturated rings. The Bertz CT molecular complexity index is 560. The first-order chi connectivity index (χ1) is 8.38. The van der Waals surface area contributed by atoms with Gasteiger partial charge in [0.05, 0.1) is 0 Å². The molecular weight excluding hydrogens is 240 g/mol. The number of aryl methyl sites for hydroxylation is 1. The van der Waals surface area contributed by atoms with Crippen molar-refractivity contribution in [3.8, 4) is 0 Å². The van der Waals surface area contributed by atoms with E-state index in [2.05, 4.69) is 10.4 Å². The highest BCUT2D eigenvalue weighted by Gasteiger charge is 2.19. The van der Waals surface area contributed by atoms with Gasteiger partial charge in [0.1, 0.15) is 6.04 Å². The number of nitrogens with one attached hydrogen (secondary N) is 1. The van der Waals surface area contributed by atoms with Gasteiger partial charge in [-0.1, -0.05) is 13.3 Å². The molecule has 0 aromatic carbocycles. The van der Waals surface area contributed by atoms with E-state index >= 15 is 0 Å². The predicted octanol–water partition coefficient (Wildman–Crippen LogP) is -0.856. The Kier molecular flexibility index (Phi) is 4.24. The van der Waals surface area contributed by atoms with Crippen molar-refractivity contribution in [2.45, 2.75) is 25.8 Å². The number of nitrogens with zero attached hydrogens (tertiary/aromatic N) is 3. The van der Waals surface area contributed by atoms with Gasteiger partial charge in [-0.25, -0.2) is 14.3 Å². The average Bonchev–Trinajstić information content (AvgIpc) is 2.32. The molecule has 0 saturated carbocycles. The Labute approximate surface area is 103 Å². The maximum Gasteiger partial charge on any atom is 0.346 e. The first-order valence-corrected chi connectivity index (χ1v) is 5.52. The van der Waals surface area contributed by atoms with Gasteiger partial charge in [0.2, 0.25) is 5.82 Å². The minimum Gasteiger partial charge on any atom is -0.480 e.